The number of rotatable bonds is 3. The molecule has 0 aliphatic heterocycles. The van der Waals surface area contributed by atoms with Crippen LogP contribution in [-0.4, -0.2) is 17.1 Å². The summed E-state index contributed by atoms with van der Waals surface area (Å²) in [4.78, 5) is 12.8. The third-order valence-electron chi connectivity index (χ3n) is 5.10. The number of hydrogen-bond acceptors (Lipinski definition) is 4. The number of benzene rings is 1. The molecule has 0 bridgehead atoms. The number of aryl methyl sites for hydroxylation is 2. The minimum absolute atomic E-state index is 0.0582. The van der Waals surface area contributed by atoms with E-state index in [1.54, 1.807) is 6.26 Å². The number of carbonyl (C=O) groups excluding carboxylic acids is 1. The fourth-order valence-electron chi connectivity index (χ4n) is 3.84. The Morgan fingerprint density at radius 2 is 1.96 bits per heavy atom. The van der Waals surface area contributed by atoms with Crippen molar-refractivity contribution in [2.45, 2.75) is 52.0 Å². The van der Waals surface area contributed by atoms with Gasteiger partial charge in [-0.2, -0.15) is 0 Å². The number of carbonyl (C=O) groups is 1. The summed E-state index contributed by atoms with van der Waals surface area (Å²) >= 11 is 0. The van der Waals surface area contributed by atoms with E-state index < -0.39 is 0 Å². The molecule has 2 heterocycles. The summed E-state index contributed by atoms with van der Waals surface area (Å²) in [5.41, 5.74) is 3.98. The van der Waals surface area contributed by atoms with Crippen molar-refractivity contribution in [1.82, 2.24) is 10.5 Å². The zero-order valence-electron chi connectivity index (χ0n) is 14.6. The molecule has 1 aliphatic carbocycles. The second kappa shape index (κ2) is 6.39. The molecule has 0 saturated heterocycles. The highest BCUT2D eigenvalue weighted by molar-refractivity contribution is 6.09. The van der Waals surface area contributed by atoms with E-state index in [0.29, 0.717) is 11.1 Å². The fourth-order valence-corrected chi connectivity index (χ4v) is 3.84. The zero-order valence-corrected chi connectivity index (χ0v) is 14.6. The maximum absolute atomic E-state index is 12.8. The first-order valence-electron chi connectivity index (χ1n) is 8.89. The predicted molar refractivity (Wildman–Crippen MR) is 95.5 cm³/mol. The lowest BCUT2D eigenvalue weighted by Crippen LogP contribution is -2.36. The van der Waals surface area contributed by atoms with Gasteiger partial charge in [0.15, 0.2) is 0 Å². The molecule has 1 aromatic carbocycles. The smallest absolute Gasteiger partial charge is 0.255 e. The van der Waals surface area contributed by atoms with Gasteiger partial charge >= 0.3 is 0 Å². The van der Waals surface area contributed by atoms with Crippen LogP contribution in [0.1, 0.15) is 53.9 Å². The Kier molecular flexibility index (Phi) is 4.07. The molecule has 1 fully saturated rings. The van der Waals surface area contributed by atoms with Gasteiger partial charge in [0.2, 0.25) is 0 Å². The van der Waals surface area contributed by atoms with Gasteiger partial charge in [-0.05, 0) is 44.4 Å². The van der Waals surface area contributed by atoms with E-state index in [4.69, 9.17) is 8.94 Å². The summed E-state index contributed by atoms with van der Waals surface area (Å²) in [5.74, 6) is 0.705. The summed E-state index contributed by atoms with van der Waals surface area (Å²) in [5, 5.41) is 8.11. The van der Waals surface area contributed by atoms with Crippen molar-refractivity contribution in [1.29, 1.82) is 0 Å². The van der Waals surface area contributed by atoms with Crippen LogP contribution < -0.4 is 5.32 Å². The lowest BCUT2D eigenvalue weighted by Gasteiger charge is -2.22. The number of hydrogen-bond donors (Lipinski definition) is 1. The monoisotopic (exact) mass is 338 g/mol. The van der Waals surface area contributed by atoms with E-state index in [-0.39, 0.29) is 11.9 Å². The summed E-state index contributed by atoms with van der Waals surface area (Å²) in [6.07, 6.45) is 7.39. The van der Waals surface area contributed by atoms with Crippen LogP contribution in [0.5, 0.6) is 0 Å². The molecule has 3 aromatic rings. The number of nitrogens with one attached hydrogen (secondary N) is 1. The summed E-state index contributed by atoms with van der Waals surface area (Å²) in [7, 11) is 0. The molecule has 0 spiro atoms. The highest BCUT2D eigenvalue weighted by Crippen LogP contribution is 2.35. The van der Waals surface area contributed by atoms with Gasteiger partial charge in [-0.1, -0.05) is 30.5 Å². The Morgan fingerprint density at radius 1 is 1.16 bits per heavy atom. The highest BCUT2D eigenvalue weighted by atomic mass is 16.5. The Labute approximate surface area is 146 Å². The van der Waals surface area contributed by atoms with Crippen molar-refractivity contribution in [3.05, 3.63) is 41.5 Å². The van der Waals surface area contributed by atoms with Crippen LogP contribution in [-0.2, 0) is 0 Å². The first kappa shape index (κ1) is 15.9. The third-order valence-corrected chi connectivity index (χ3v) is 5.10. The van der Waals surface area contributed by atoms with E-state index in [1.165, 1.54) is 19.3 Å². The molecule has 130 valence electrons. The van der Waals surface area contributed by atoms with Gasteiger partial charge in [0.25, 0.3) is 5.91 Å². The van der Waals surface area contributed by atoms with Gasteiger partial charge in [-0.25, -0.2) is 0 Å². The van der Waals surface area contributed by atoms with E-state index in [9.17, 15) is 4.79 Å². The van der Waals surface area contributed by atoms with Crippen molar-refractivity contribution in [2.24, 2.45) is 0 Å². The van der Waals surface area contributed by atoms with Gasteiger partial charge < -0.3 is 14.3 Å². The lowest BCUT2D eigenvalue weighted by atomic mass is 9.94. The van der Waals surface area contributed by atoms with Crippen LogP contribution >= 0.6 is 0 Å². The summed E-state index contributed by atoms with van der Waals surface area (Å²) in [6.45, 7) is 3.81. The molecule has 5 heteroatoms. The molecule has 1 saturated carbocycles. The number of nitrogens with zero attached hydrogens (tertiary/aromatic N) is 1. The second-order valence-corrected chi connectivity index (χ2v) is 6.83. The molecular formula is C20H22N2O3. The van der Waals surface area contributed by atoms with Crippen LogP contribution in [0.3, 0.4) is 0 Å². The van der Waals surface area contributed by atoms with Crippen molar-refractivity contribution < 1.29 is 13.7 Å². The number of furan rings is 1. The molecule has 0 radical (unpaired) electrons. The average Bonchev–Trinajstić information content (AvgIpc) is 3.22. The molecule has 4 rings (SSSR count). The van der Waals surface area contributed by atoms with Crippen LogP contribution in [0.2, 0.25) is 0 Å². The first-order valence-corrected chi connectivity index (χ1v) is 8.89. The molecule has 5 nitrogen and oxygen atoms in total. The number of aromatic nitrogens is 1. The maximum atomic E-state index is 12.8. The number of fused-ring (bicyclic) bond motifs is 1. The highest BCUT2D eigenvalue weighted by Gasteiger charge is 2.22. The van der Waals surface area contributed by atoms with Crippen LogP contribution in [0.4, 0.5) is 0 Å². The van der Waals surface area contributed by atoms with Crippen LogP contribution in [0, 0.1) is 13.8 Å². The fraction of sp³-hybridized carbons (Fsp3) is 0.400. The van der Waals surface area contributed by atoms with Gasteiger partial charge in [0.1, 0.15) is 11.3 Å². The quantitative estimate of drug-likeness (QED) is 0.747. The number of amides is 1. The van der Waals surface area contributed by atoms with Gasteiger partial charge in [0.05, 0.1) is 17.5 Å². The van der Waals surface area contributed by atoms with Crippen molar-refractivity contribution in [3.8, 4) is 11.1 Å². The largest absolute Gasteiger partial charge is 0.463 e. The molecule has 1 aliphatic rings. The van der Waals surface area contributed by atoms with E-state index >= 15 is 0 Å². The SMILES string of the molecule is Cc1noc(C)c1-c1ccc(C(=O)NC2CCCCC2)c2occc12. The Morgan fingerprint density at radius 3 is 2.68 bits per heavy atom. The van der Waals surface area contributed by atoms with Crippen molar-refractivity contribution in [3.63, 3.8) is 0 Å². The third kappa shape index (κ3) is 2.84. The zero-order chi connectivity index (χ0) is 17.4. The molecular weight excluding hydrogens is 316 g/mol. The average molecular weight is 338 g/mol. The standard InChI is InChI=1S/C20H22N2O3/c1-12-18(13(2)25-22-12)15-8-9-17(19-16(15)10-11-24-19)20(23)21-14-6-4-3-5-7-14/h8-11,14H,3-7H2,1-2H3,(H,21,23). The normalized spacial score (nSPS) is 15.6. The van der Waals surface area contributed by atoms with Gasteiger partial charge in [-0.15, -0.1) is 0 Å². The van der Waals surface area contributed by atoms with Crippen molar-refractivity contribution >= 4 is 16.9 Å². The van der Waals surface area contributed by atoms with Crippen LogP contribution in [0.15, 0.2) is 33.4 Å². The summed E-state index contributed by atoms with van der Waals surface area (Å²) < 4.78 is 11.0. The minimum atomic E-state index is -0.0582. The maximum Gasteiger partial charge on any atom is 0.255 e. The molecule has 1 amide bonds. The Hall–Kier alpha value is -2.56. The molecule has 0 unspecified atom stereocenters. The Bertz CT molecular complexity index is 897. The van der Waals surface area contributed by atoms with E-state index in [0.717, 1.165) is 40.8 Å². The molecule has 0 atom stereocenters. The molecule has 1 N–H and O–H groups in total. The minimum Gasteiger partial charge on any atom is -0.463 e. The Balaban J connectivity index is 1.71. The van der Waals surface area contributed by atoms with E-state index in [2.05, 4.69) is 10.5 Å². The topological polar surface area (TPSA) is 68.3 Å². The molecule has 2 aromatic heterocycles. The second-order valence-electron chi connectivity index (χ2n) is 6.83. The molecule has 25 heavy (non-hydrogen) atoms. The van der Waals surface area contributed by atoms with Gasteiger partial charge in [0, 0.05) is 17.0 Å². The van der Waals surface area contributed by atoms with Crippen molar-refractivity contribution in [2.75, 3.05) is 0 Å². The van der Waals surface area contributed by atoms with Crippen LogP contribution in [0.25, 0.3) is 22.1 Å². The summed E-state index contributed by atoms with van der Waals surface area (Å²) in [6, 6.07) is 5.97. The van der Waals surface area contributed by atoms with Gasteiger partial charge in [-0.3, -0.25) is 4.79 Å². The van der Waals surface area contributed by atoms with E-state index in [1.807, 2.05) is 32.0 Å². The predicted octanol–water partition coefficient (Wildman–Crippen LogP) is 4.77. The lowest BCUT2D eigenvalue weighted by molar-refractivity contribution is 0.0928. The first-order chi connectivity index (χ1) is 12.1.